The average Bonchev–Trinajstić information content (AvgIpc) is 3.42. The van der Waals surface area contributed by atoms with Crippen LogP contribution in [0.2, 0.25) is 0 Å². The van der Waals surface area contributed by atoms with Crippen LogP contribution in [0.4, 0.5) is 8.78 Å². The minimum atomic E-state index is -1.83. The highest BCUT2D eigenvalue weighted by atomic mass is 19.1. The summed E-state index contributed by atoms with van der Waals surface area (Å²) in [6.07, 6.45) is 3.01. The highest BCUT2D eigenvalue weighted by molar-refractivity contribution is 6.00. The van der Waals surface area contributed by atoms with E-state index in [1.54, 1.807) is 25.3 Å². The number of H-pyrrole nitrogens is 1. The Morgan fingerprint density at radius 3 is 2.63 bits per heavy atom. The van der Waals surface area contributed by atoms with E-state index in [2.05, 4.69) is 10.2 Å². The minimum Gasteiger partial charge on any atom is -0.479 e. The summed E-state index contributed by atoms with van der Waals surface area (Å²) in [5, 5.41) is 27.7. The maximum atomic E-state index is 16.1. The number of hydrogen-bond donors (Lipinski definition) is 3. The van der Waals surface area contributed by atoms with Crippen molar-refractivity contribution in [2.75, 3.05) is 13.2 Å². The van der Waals surface area contributed by atoms with Crippen LogP contribution in [0.25, 0.3) is 27.5 Å². The second-order valence-corrected chi connectivity index (χ2v) is 9.82. The first-order valence-electron chi connectivity index (χ1n) is 11.8. The number of nitrogens with one attached hydrogen (secondary N) is 1. The Hall–Kier alpha value is -3.30. The van der Waals surface area contributed by atoms with Crippen molar-refractivity contribution in [3.63, 3.8) is 0 Å². The fraction of sp³-hybridized carbons (Fsp3) is 0.385. The lowest BCUT2D eigenvalue weighted by Crippen LogP contribution is -2.49. The SMILES string of the molecule is Cc1cc(-n2c(C3CCOCC3)c([C@H]3C[C@](O)(C(=O)O)C3)c3c(F)c4[nH]ncc4cc32)ccc1F. The standard InChI is InChI=1S/C26H25F2N3O4/c1-13-8-17(2-3-18(13)27)31-19-9-15-12-29-30-23(15)22(28)21(19)20(16-10-26(34,11-16)25(32)33)24(31)14-4-6-35-7-5-14/h2-3,8-9,12,14,16,34H,4-7,10-11H2,1H3,(H,29,30)(H,32,33)/t16-,26+. The van der Waals surface area contributed by atoms with Gasteiger partial charge in [0.15, 0.2) is 11.4 Å². The molecule has 1 aliphatic carbocycles. The maximum Gasteiger partial charge on any atom is 0.335 e. The van der Waals surface area contributed by atoms with Crippen molar-refractivity contribution in [1.29, 1.82) is 0 Å². The first-order valence-corrected chi connectivity index (χ1v) is 11.8. The molecule has 4 aromatic rings. The zero-order valence-corrected chi connectivity index (χ0v) is 19.1. The zero-order chi connectivity index (χ0) is 24.5. The van der Waals surface area contributed by atoms with E-state index in [0.29, 0.717) is 46.3 Å². The molecule has 0 spiro atoms. The molecule has 0 bridgehead atoms. The number of carboxylic acid groups (broad SMARTS) is 1. The number of aromatic amines is 1. The lowest BCUT2D eigenvalue weighted by atomic mass is 9.66. The number of aliphatic carboxylic acids is 1. The molecule has 2 aromatic heterocycles. The third-order valence-electron chi connectivity index (χ3n) is 7.67. The molecular weight excluding hydrogens is 456 g/mol. The number of benzene rings is 2. The maximum absolute atomic E-state index is 16.1. The van der Waals surface area contributed by atoms with Gasteiger partial charge in [0, 0.05) is 41.3 Å². The molecule has 1 aliphatic heterocycles. The molecule has 1 saturated heterocycles. The largest absolute Gasteiger partial charge is 0.479 e. The molecule has 0 radical (unpaired) electrons. The highest BCUT2D eigenvalue weighted by Gasteiger charge is 2.51. The number of nitrogens with zero attached hydrogens (tertiary/aromatic N) is 2. The quantitative estimate of drug-likeness (QED) is 0.393. The Bertz CT molecular complexity index is 1480. The van der Waals surface area contributed by atoms with Crippen LogP contribution in [-0.4, -0.2) is 49.8 Å². The molecule has 35 heavy (non-hydrogen) atoms. The van der Waals surface area contributed by atoms with Gasteiger partial charge in [-0.25, -0.2) is 13.6 Å². The Balaban J connectivity index is 1.69. The molecule has 0 atom stereocenters. The average molecular weight is 481 g/mol. The van der Waals surface area contributed by atoms with Gasteiger partial charge in [-0.3, -0.25) is 5.10 Å². The highest BCUT2D eigenvalue weighted by Crippen LogP contribution is 2.52. The lowest BCUT2D eigenvalue weighted by molar-refractivity contribution is -0.169. The molecule has 2 aromatic carbocycles. The molecule has 9 heteroatoms. The second kappa shape index (κ2) is 7.86. The van der Waals surface area contributed by atoms with Gasteiger partial charge in [-0.05, 0) is 73.9 Å². The number of carbonyl (C=O) groups is 1. The van der Waals surface area contributed by atoms with Crippen LogP contribution in [-0.2, 0) is 9.53 Å². The zero-order valence-electron chi connectivity index (χ0n) is 19.1. The molecule has 182 valence electrons. The van der Waals surface area contributed by atoms with E-state index in [1.807, 2.05) is 10.6 Å². The van der Waals surface area contributed by atoms with E-state index in [9.17, 15) is 19.4 Å². The van der Waals surface area contributed by atoms with Crippen LogP contribution in [0.3, 0.4) is 0 Å². The Morgan fingerprint density at radius 2 is 1.94 bits per heavy atom. The van der Waals surface area contributed by atoms with Crippen molar-refractivity contribution in [3.05, 3.63) is 58.9 Å². The first kappa shape index (κ1) is 22.2. The van der Waals surface area contributed by atoms with Crippen molar-refractivity contribution < 1.29 is 28.5 Å². The summed E-state index contributed by atoms with van der Waals surface area (Å²) in [6, 6.07) is 6.70. The van der Waals surface area contributed by atoms with Crippen molar-refractivity contribution in [2.45, 2.75) is 50.0 Å². The monoisotopic (exact) mass is 481 g/mol. The molecule has 3 heterocycles. The topological polar surface area (TPSA) is 100 Å². The number of ether oxygens (including phenoxy) is 1. The van der Waals surface area contributed by atoms with Crippen LogP contribution in [0.1, 0.15) is 54.3 Å². The fourth-order valence-electron chi connectivity index (χ4n) is 5.82. The van der Waals surface area contributed by atoms with Crippen molar-refractivity contribution >= 4 is 27.8 Å². The first-order chi connectivity index (χ1) is 16.8. The summed E-state index contributed by atoms with van der Waals surface area (Å²) in [5.41, 5.74) is 1.84. The van der Waals surface area contributed by atoms with Crippen LogP contribution >= 0.6 is 0 Å². The summed E-state index contributed by atoms with van der Waals surface area (Å²) in [5.74, 6) is -2.36. The lowest BCUT2D eigenvalue weighted by Gasteiger charge is -2.41. The van der Waals surface area contributed by atoms with E-state index < -0.39 is 17.4 Å². The van der Waals surface area contributed by atoms with Crippen LogP contribution < -0.4 is 0 Å². The van der Waals surface area contributed by atoms with E-state index >= 15 is 4.39 Å². The van der Waals surface area contributed by atoms with Crippen LogP contribution in [0.5, 0.6) is 0 Å². The van der Waals surface area contributed by atoms with Crippen molar-refractivity contribution in [2.24, 2.45) is 0 Å². The Labute approximate surface area is 199 Å². The van der Waals surface area contributed by atoms with Crippen molar-refractivity contribution in [3.8, 4) is 5.69 Å². The number of fused-ring (bicyclic) bond motifs is 2. The van der Waals surface area contributed by atoms with Gasteiger partial charge in [0.2, 0.25) is 0 Å². The molecular formula is C26H25F2N3O4. The Kier molecular flexibility index (Phi) is 4.98. The Morgan fingerprint density at radius 1 is 1.20 bits per heavy atom. The summed E-state index contributed by atoms with van der Waals surface area (Å²) in [4.78, 5) is 11.6. The number of rotatable bonds is 4. The summed E-state index contributed by atoms with van der Waals surface area (Å²) >= 11 is 0. The number of hydrogen-bond acceptors (Lipinski definition) is 4. The smallest absolute Gasteiger partial charge is 0.335 e. The molecule has 2 fully saturated rings. The van der Waals surface area contributed by atoms with Gasteiger partial charge in [-0.2, -0.15) is 5.10 Å². The molecule has 2 aliphatic rings. The normalized spacial score (nSPS) is 23.1. The molecule has 0 unspecified atom stereocenters. The number of halogens is 2. The van der Waals surface area contributed by atoms with E-state index in [0.717, 1.165) is 18.5 Å². The van der Waals surface area contributed by atoms with Crippen molar-refractivity contribution in [1.82, 2.24) is 14.8 Å². The summed E-state index contributed by atoms with van der Waals surface area (Å²) in [7, 11) is 0. The third-order valence-corrected chi connectivity index (χ3v) is 7.67. The third kappa shape index (κ3) is 3.29. The van der Waals surface area contributed by atoms with Gasteiger partial charge in [-0.1, -0.05) is 0 Å². The van der Waals surface area contributed by atoms with E-state index in [-0.39, 0.29) is 36.0 Å². The molecule has 0 amide bonds. The molecule has 7 nitrogen and oxygen atoms in total. The number of aliphatic hydroxyl groups is 1. The molecule has 1 saturated carbocycles. The van der Waals surface area contributed by atoms with E-state index in [4.69, 9.17) is 4.74 Å². The number of aryl methyl sites for hydroxylation is 1. The minimum absolute atomic E-state index is 0.000561. The van der Waals surface area contributed by atoms with Gasteiger partial charge < -0.3 is 19.5 Å². The molecule has 3 N–H and O–H groups in total. The van der Waals surface area contributed by atoms with Gasteiger partial charge in [0.25, 0.3) is 0 Å². The summed E-state index contributed by atoms with van der Waals surface area (Å²) in [6.45, 7) is 2.81. The van der Waals surface area contributed by atoms with Gasteiger partial charge in [0.1, 0.15) is 11.3 Å². The van der Waals surface area contributed by atoms with E-state index in [1.165, 1.54) is 6.07 Å². The van der Waals surface area contributed by atoms with Gasteiger partial charge in [0.05, 0.1) is 11.7 Å². The predicted molar refractivity (Wildman–Crippen MR) is 125 cm³/mol. The van der Waals surface area contributed by atoms with Gasteiger partial charge >= 0.3 is 5.97 Å². The molecule has 6 rings (SSSR count). The predicted octanol–water partition coefficient (Wildman–Crippen LogP) is 4.68. The van der Waals surface area contributed by atoms with Gasteiger partial charge in [-0.15, -0.1) is 0 Å². The second-order valence-electron chi connectivity index (χ2n) is 9.82. The summed E-state index contributed by atoms with van der Waals surface area (Å²) < 4.78 is 37.9. The number of carboxylic acids is 1. The fourth-order valence-corrected chi connectivity index (χ4v) is 5.82. The van der Waals surface area contributed by atoms with Crippen LogP contribution in [0.15, 0.2) is 30.5 Å². The number of aromatic nitrogens is 3. The van der Waals surface area contributed by atoms with Crippen LogP contribution in [0, 0.1) is 18.6 Å².